The molecule has 0 bridgehead atoms. The summed E-state index contributed by atoms with van der Waals surface area (Å²) in [6, 6.07) is 139. The number of benzene rings is 19. The molecule has 0 atom stereocenters. The highest BCUT2D eigenvalue weighted by Gasteiger charge is 2.20. The molecule has 26 rings (SSSR count). The number of furan rings is 1. The van der Waals surface area contributed by atoms with E-state index in [1.54, 1.807) is 6.20 Å². The second-order valence-electron chi connectivity index (χ2n) is 32.7. The Morgan fingerprint density at radius 3 is 1.15 bits per heavy atom. The Labute approximate surface area is 733 Å². The van der Waals surface area contributed by atoms with Gasteiger partial charge >= 0.3 is 0 Å². The molecular formula is C119H85N5OS. The van der Waals surface area contributed by atoms with Crippen LogP contribution in [-0.4, -0.2) is 24.9 Å². The lowest BCUT2D eigenvalue weighted by Gasteiger charge is -2.14. The number of hydrogen-bond acceptors (Lipinski definition) is 7. The van der Waals surface area contributed by atoms with Crippen molar-refractivity contribution >= 4 is 194 Å². The predicted octanol–water partition coefficient (Wildman–Crippen LogP) is 33.2. The van der Waals surface area contributed by atoms with Gasteiger partial charge in [0, 0.05) is 130 Å². The van der Waals surface area contributed by atoms with Gasteiger partial charge in [-0.15, -0.1) is 11.3 Å². The van der Waals surface area contributed by atoms with Crippen LogP contribution in [-0.2, 0) is 0 Å². The van der Waals surface area contributed by atoms with Crippen molar-refractivity contribution in [2.24, 2.45) is 0 Å². The highest BCUT2D eigenvalue weighted by molar-refractivity contribution is 7.25. The zero-order chi connectivity index (χ0) is 84.9. The quantitative estimate of drug-likeness (QED) is 0.164. The Hall–Kier alpha value is -15.7. The third kappa shape index (κ3) is 14.5. The minimum atomic E-state index is 0.966. The van der Waals surface area contributed by atoms with Gasteiger partial charge in [0.25, 0.3) is 0 Å². The molecule has 0 radical (unpaired) electrons. The first-order valence-electron chi connectivity index (χ1n) is 43.0. The first kappa shape index (κ1) is 77.6. The number of aromatic nitrogens is 5. The number of hydrogen-bond donors (Lipinski definition) is 0. The van der Waals surface area contributed by atoms with Crippen molar-refractivity contribution in [3.8, 4) is 33.8 Å². The monoisotopic (exact) mass is 1630 g/mol. The van der Waals surface area contributed by atoms with Crippen LogP contribution in [0.1, 0.15) is 33.5 Å². The maximum Gasteiger partial charge on any atom is 0.135 e. The van der Waals surface area contributed by atoms with Gasteiger partial charge in [-0.1, -0.05) is 308 Å². The molecule has 0 saturated heterocycles. The highest BCUT2D eigenvalue weighted by Crippen LogP contribution is 2.44. The summed E-state index contributed by atoms with van der Waals surface area (Å²) in [7, 11) is 0. The molecule has 7 heterocycles. The number of para-hydroxylation sites is 5. The Bertz CT molecular complexity index is 8430. The van der Waals surface area contributed by atoms with Crippen molar-refractivity contribution in [3.05, 3.63) is 440 Å². The molecule has 26 aromatic rings. The van der Waals surface area contributed by atoms with E-state index < -0.39 is 0 Å². The maximum atomic E-state index is 5.71. The van der Waals surface area contributed by atoms with E-state index in [1.807, 2.05) is 66.1 Å². The SMILES string of the molecule is Cc1cc2c(-c3ccc4ccccc4c3)nc3ccccc3c2c2ccccc12.Cc1cc2c(-c3ccccc3)nc3ccccc3c2c2ccccc12.Cc1cc2c(-c3cccnc3)nc3ccccc3c2c2ccccc12.Cc1ccc2oc3ccccc3c2c1.Cc1ccc2sc3ccccc3c2c1.Cc1nc2ccccc2c2c1ccc1ccccc12. The van der Waals surface area contributed by atoms with E-state index in [1.165, 1.54) is 177 Å². The Morgan fingerprint density at radius 2 is 0.603 bits per heavy atom. The molecule has 598 valence electrons. The molecule has 0 aliphatic rings. The van der Waals surface area contributed by atoms with Crippen molar-refractivity contribution in [2.45, 2.75) is 41.5 Å². The fourth-order valence-electron chi connectivity index (χ4n) is 18.7. The molecule has 7 aromatic heterocycles. The van der Waals surface area contributed by atoms with Crippen LogP contribution in [0, 0.1) is 41.5 Å². The molecule has 0 spiro atoms. The van der Waals surface area contributed by atoms with Crippen LogP contribution in [0.5, 0.6) is 0 Å². The zero-order valence-electron chi connectivity index (χ0n) is 70.7. The largest absolute Gasteiger partial charge is 0.456 e. The second kappa shape index (κ2) is 33.3. The summed E-state index contributed by atoms with van der Waals surface area (Å²) in [6.07, 6.45) is 3.69. The normalized spacial score (nSPS) is 11.4. The van der Waals surface area contributed by atoms with Gasteiger partial charge in [0.2, 0.25) is 0 Å². The number of aryl methyl sites for hydroxylation is 6. The number of rotatable bonds is 3. The van der Waals surface area contributed by atoms with E-state index in [2.05, 4.69) is 392 Å². The van der Waals surface area contributed by atoms with Crippen LogP contribution < -0.4 is 0 Å². The topological polar surface area (TPSA) is 77.6 Å². The third-order valence-electron chi connectivity index (χ3n) is 24.6. The highest BCUT2D eigenvalue weighted by atomic mass is 32.1. The second-order valence-corrected chi connectivity index (χ2v) is 33.8. The summed E-state index contributed by atoms with van der Waals surface area (Å²) < 4.78 is 8.48. The van der Waals surface area contributed by atoms with Crippen molar-refractivity contribution in [1.29, 1.82) is 0 Å². The zero-order valence-corrected chi connectivity index (χ0v) is 71.6. The molecule has 0 aliphatic carbocycles. The molecule has 0 saturated carbocycles. The standard InChI is InChI=1S/C28H19N.C24H17N.C23H16N2.C18H13N.C13H10O.C13H10S/c1-18-16-25-27(23-11-5-4-10-22(18)23)24-12-6-7-13-26(24)29-28(25)21-15-14-19-8-2-3-9-20(19)17-21;1-16-15-21-23(19-12-6-5-11-18(16)19)20-13-7-8-14-22(20)25-24(21)17-9-3-2-4-10-17;1-15-13-20-22(18-9-3-2-8-17(15)18)19-10-4-5-11-21(19)25-23(20)16-7-6-12-24-14-16;1-12-14-11-10-13-6-2-3-7-15(13)18(14)16-8-4-5-9-17(16)19-12;2*1-9-6-7-13-11(8-9)10-4-2-3-5-12(10)14-13/h2-17H,1H3;2-15H,1H3;2-14H,1H3;2-11H,1H3;2*2-8H,1H3. The van der Waals surface area contributed by atoms with Crippen molar-refractivity contribution in [1.82, 2.24) is 24.9 Å². The summed E-state index contributed by atoms with van der Waals surface area (Å²) in [6.45, 7) is 12.9. The van der Waals surface area contributed by atoms with Crippen LogP contribution in [0.3, 0.4) is 0 Å². The van der Waals surface area contributed by atoms with Crippen LogP contribution in [0.15, 0.2) is 411 Å². The van der Waals surface area contributed by atoms with Crippen molar-refractivity contribution in [2.75, 3.05) is 0 Å². The lowest BCUT2D eigenvalue weighted by Crippen LogP contribution is -1.92. The number of fused-ring (bicyclic) bond motifs is 27. The van der Waals surface area contributed by atoms with Gasteiger partial charge in [0.05, 0.1) is 39.1 Å². The van der Waals surface area contributed by atoms with Crippen LogP contribution in [0.4, 0.5) is 0 Å². The summed E-state index contributed by atoms with van der Waals surface area (Å²) in [5.41, 5.74) is 20.1. The Balaban J connectivity index is 0.0000000940. The molecule has 0 amide bonds. The molecule has 19 aromatic carbocycles. The maximum absolute atomic E-state index is 5.71. The van der Waals surface area contributed by atoms with Gasteiger partial charge in [0.1, 0.15) is 11.2 Å². The average Bonchev–Trinajstić information content (AvgIpc) is 1.48. The van der Waals surface area contributed by atoms with Crippen molar-refractivity contribution in [3.63, 3.8) is 0 Å². The van der Waals surface area contributed by atoms with E-state index in [0.29, 0.717) is 0 Å². The van der Waals surface area contributed by atoms with E-state index in [0.717, 1.165) is 72.7 Å². The first-order chi connectivity index (χ1) is 62.0. The fourth-order valence-corrected chi connectivity index (χ4v) is 19.7. The molecule has 0 unspecified atom stereocenters. The van der Waals surface area contributed by atoms with Crippen molar-refractivity contribution < 1.29 is 4.42 Å². The Kier molecular flexibility index (Phi) is 20.5. The lowest BCUT2D eigenvalue weighted by atomic mass is 9.92. The molecule has 126 heavy (non-hydrogen) atoms. The molecule has 0 fully saturated rings. The lowest BCUT2D eigenvalue weighted by molar-refractivity contribution is 0.669. The van der Waals surface area contributed by atoms with E-state index in [4.69, 9.17) is 24.4 Å². The van der Waals surface area contributed by atoms with Gasteiger partial charge in [0.15, 0.2) is 0 Å². The Morgan fingerprint density at radius 1 is 0.214 bits per heavy atom. The van der Waals surface area contributed by atoms with Gasteiger partial charge in [-0.05, 0) is 209 Å². The first-order valence-corrected chi connectivity index (χ1v) is 43.8. The molecule has 6 nitrogen and oxygen atoms in total. The minimum absolute atomic E-state index is 0.966. The van der Waals surface area contributed by atoms with E-state index >= 15 is 0 Å². The molecule has 7 heteroatoms. The summed E-state index contributed by atoms with van der Waals surface area (Å²) in [5, 5.41) is 33.0. The van der Waals surface area contributed by atoms with Crippen LogP contribution >= 0.6 is 11.3 Å². The number of pyridine rings is 5. The van der Waals surface area contributed by atoms with Gasteiger partial charge in [-0.2, -0.15) is 0 Å². The number of thiophene rings is 1. The van der Waals surface area contributed by atoms with Gasteiger partial charge in [-0.3, -0.25) is 9.97 Å². The predicted molar refractivity (Wildman–Crippen MR) is 540 cm³/mol. The van der Waals surface area contributed by atoms with Crippen LogP contribution in [0.25, 0.3) is 216 Å². The van der Waals surface area contributed by atoms with E-state index in [-0.39, 0.29) is 0 Å². The summed E-state index contributed by atoms with van der Waals surface area (Å²) in [5.74, 6) is 0. The molecule has 0 aliphatic heterocycles. The molecule has 0 N–H and O–H groups in total. The minimum Gasteiger partial charge on any atom is -0.456 e. The average molecular weight is 1630 g/mol. The van der Waals surface area contributed by atoms with E-state index in [9.17, 15) is 0 Å². The smallest absolute Gasteiger partial charge is 0.135 e. The molecular weight excluding hydrogens is 1550 g/mol. The van der Waals surface area contributed by atoms with Crippen LogP contribution in [0.2, 0.25) is 0 Å². The van der Waals surface area contributed by atoms with Gasteiger partial charge in [-0.25, -0.2) is 15.0 Å². The third-order valence-corrected chi connectivity index (χ3v) is 25.7. The van der Waals surface area contributed by atoms with Gasteiger partial charge < -0.3 is 4.42 Å². The fraction of sp³-hybridized carbons (Fsp3) is 0.0504. The summed E-state index contributed by atoms with van der Waals surface area (Å²) >= 11 is 1.87. The number of nitrogens with zero attached hydrogens (tertiary/aromatic N) is 5. The summed E-state index contributed by atoms with van der Waals surface area (Å²) in [4.78, 5) is 24.1.